The van der Waals surface area contributed by atoms with E-state index < -0.39 is 5.97 Å². The van der Waals surface area contributed by atoms with Gasteiger partial charge in [0.25, 0.3) is 0 Å². The van der Waals surface area contributed by atoms with E-state index in [1.807, 2.05) is 0 Å². The summed E-state index contributed by atoms with van der Waals surface area (Å²) in [6.07, 6.45) is 0. The average Bonchev–Trinajstić information content (AvgIpc) is 2.46. The van der Waals surface area contributed by atoms with E-state index in [9.17, 15) is 4.79 Å². The minimum Gasteiger partial charge on any atom is -0.476 e. The number of carboxylic acids is 1. The van der Waals surface area contributed by atoms with E-state index in [0.717, 1.165) is 0 Å². The van der Waals surface area contributed by atoms with Gasteiger partial charge in [0.1, 0.15) is 5.15 Å². The number of carboxylic acid groups (broad SMARTS) is 1. The van der Waals surface area contributed by atoms with Crippen molar-refractivity contribution in [2.45, 2.75) is 12.8 Å². The molecule has 4 N–H and O–H groups in total. The summed E-state index contributed by atoms with van der Waals surface area (Å²) < 4.78 is 0. The number of H-pyrrole nitrogens is 1. The van der Waals surface area contributed by atoms with E-state index in [0.29, 0.717) is 12.1 Å². The summed E-state index contributed by atoms with van der Waals surface area (Å²) in [5, 5.41) is 15.0. The zero-order chi connectivity index (χ0) is 10.0. The molecule has 6 heteroatoms. The Morgan fingerprint density at radius 1 is 1.85 bits per heavy atom. The molecule has 0 bridgehead atoms. The molecule has 5 nitrogen and oxygen atoms in total. The number of carbonyl (C=O) groups is 1. The molecule has 0 saturated carbocycles. The average molecular weight is 204 g/mol. The molecule has 0 fully saturated rings. The summed E-state index contributed by atoms with van der Waals surface area (Å²) in [7, 11) is 0. The van der Waals surface area contributed by atoms with Gasteiger partial charge in [-0.25, -0.2) is 4.79 Å². The smallest absolute Gasteiger partial charge is 0.356 e. The number of aromatic carboxylic acids is 1. The van der Waals surface area contributed by atoms with E-state index in [-0.39, 0.29) is 16.8 Å². The zero-order valence-electron chi connectivity index (χ0n) is 7.04. The highest BCUT2D eigenvalue weighted by Crippen LogP contribution is 2.24. The van der Waals surface area contributed by atoms with Crippen LogP contribution in [-0.4, -0.2) is 27.8 Å². The van der Waals surface area contributed by atoms with Crippen LogP contribution >= 0.6 is 11.6 Å². The van der Waals surface area contributed by atoms with Gasteiger partial charge in [-0.15, -0.1) is 0 Å². The van der Waals surface area contributed by atoms with Crippen molar-refractivity contribution in [1.82, 2.24) is 10.2 Å². The van der Waals surface area contributed by atoms with Gasteiger partial charge in [-0.2, -0.15) is 5.10 Å². The van der Waals surface area contributed by atoms with Gasteiger partial charge in [-0.3, -0.25) is 5.10 Å². The highest BCUT2D eigenvalue weighted by atomic mass is 35.5. The Morgan fingerprint density at radius 2 is 2.46 bits per heavy atom. The third kappa shape index (κ3) is 1.81. The fraction of sp³-hybridized carbons (Fsp3) is 0.429. The first kappa shape index (κ1) is 10.0. The van der Waals surface area contributed by atoms with Crippen LogP contribution in [0.15, 0.2) is 0 Å². The molecule has 1 aromatic heterocycles. The molecule has 1 atom stereocenters. The van der Waals surface area contributed by atoms with E-state index in [2.05, 4.69) is 10.2 Å². The van der Waals surface area contributed by atoms with Crippen molar-refractivity contribution in [3.8, 4) is 0 Å². The summed E-state index contributed by atoms with van der Waals surface area (Å²) in [4.78, 5) is 10.7. The number of rotatable bonds is 3. The highest BCUT2D eigenvalue weighted by molar-refractivity contribution is 6.30. The molecule has 0 amide bonds. The van der Waals surface area contributed by atoms with Crippen molar-refractivity contribution in [3.63, 3.8) is 0 Å². The molecule has 0 aliphatic rings. The van der Waals surface area contributed by atoms with Gasteiger partial charge in [0.15, 0.2) is 5.69 Å². The van der Waals surface area contributed by atoms with Gasteiger partial charge in [-0.1, -0.05) is 18.5 Å². The molecule has 72 valence electrons. The molecule has 1 unspecified atom stereocenters. The monoisotopic (exact) mass is 203 g/mol. The summed E-state index contributed by atoms with van der Waals surface area (Å²) in [5.41, 5.74) is 5.82. The second kappa shape index (κ2) is 3.76. The van der Waals surface area contributed by atoms with Crippen molar-refractivity contribution >= 4 is 17.6 Å². The molecule has 0 radical (unpaired) electrons. The number of aromatic amines is 1. The maximum absolute atomic E-state index is 10.7. The lowest BCUT2D eigenvalue weighted by molar-refractivity contribution is 0.0689. The Labute approximate surface area is 79.9 Å². The molecule has 1 rings (SSSR count). The first-order chi connectivity index (χ1) is 6.07. The van der Waals surface area contributed by atoms with E-state index in [1.54, 1.807) is 6.92 Å². The van der Waals surface area contributed by atoms with Crippen LogP contribution < -0.4 is 5.73 Å². The van der Waals surface area contributed by atoms with E-state index in [1.165, 1.54) is 0 Å². The molecule has 0 aliphatic heterocycles. The lowest BCUT2D eigenvalue weighted by Gasteiger charge is -2.06. The van der Waals surface area contributed by atoms with Gasteiger partial charge in [0.2, 0.25) is 0 Å². The number of hydrogen-bond acceptors (Lipinski definition) is 3. The second-order valence-corrected chi connectivity index (χ2v) is 3.12. The van der Waals surface area contributed by atoms with Crippen LogP contribution in [0.25, 0.3) is 0 Å². The summed E-state index contributed by atoms with van der Waals surface area (Å²) in [5.74, 6) is -1.21. The van der Waals surface area contributed by atoms with Crippen LogP contribution in [0, 0.1) is 0 Å². The molecule has 0 spiro atoms. The standard InChI is InChI=1S/C7H10ClN3O2/c1-3(2-9)4-5(7(12)13)10-11-6(4)8/h3H,2,9H2,1H3,(H,10,11)(H,12,13). The Kier molecular flexibility index (Phi) is 2.90. The first-order valence-corrected chi connectivity index (χ1v) is 4.12. The maximum atomic E-state index is 10.7. The number of nitrogens with zero attached hydrogens (tertiary/aromatic N) is 1. The number of nitrogens with two attached hydrogens (primary N) is 1. The third-order valence-electron chi connectivity index (χ3n) is 1.81. The predicted octanol–water partition coefficient (Wildman–Crippen LogP) is 0.823. The second-order valence-electron chi connectivity index (χ2n) is 2.74. The van der Waals surface area contributed by atoms with Crippen molar-refractivity contribution in [2.24, 2.45) is 5.73 Å². The summed E-state index contributed by atoms with van der Waals surface area (Å²) in [6.45, 7) is 2.13. The first-order valence-electron chi connectivity index (χ1n) is 3.75. The van der Waals surface area contributed by atoms with Crippen LogP contribution in [-0.2, 0) is 0 Å². The number of nitrogens with one attached hydrogen (secondary N) is 1. The molecule has 13 heavy (non-hydrogen) atoms. The van der Waals surface area contributed by atoms with Crippen LogP contribution in [0.3, 0.4) is 0 Å². The fourth-order valence-corrected chi connectivity index (χ4v) is 1.38. The Bertz CT molecular complexity index is 324. The zero-order valence-corrected chi connectivity index (χ0v) is 7.80. The van der Waals surface area contributed by atoms with Gasteiger partial charge < -0.3 is 10.8 Å². The SMILES string of the molecule is CC(CN)c1c(C(=O)O)n[nH]c1Cl. The fourth-order valence-electron chi connectivity index (χ4n) is 1.06. The van der Waals surface area contributed by atoms with Crippen LogP contribution in [0.1, 0.15) is 28.9 Å². The quantitative estimate of drug-likeness (QED) is 0.678. The molecule has 0 saturated heterocycles. The third-order valence-corrected chi connectivity index (χ3v) is 2.09. The molecular weight excluding hydrogens is 194 g/mol. The van der Waals surface area contributed by atoms with Crippen molar-refractivity contribution in [3.05, 3.63) is 16.4 Å². The molecular formula is C7H10ClN3O2. The summed E-state index contributed by atoms with van der Waals surface area (Å²) >= 11 is 5.73. The highest BCUT2D eigenvalue weighted by Gasteiger charge is 2.21. The Morgan fingerprint density at radius 3 is 2.92 bits per heavy atom. The van der Waals surface area contributed by atoms with Crippen molar-refractivity contribution in [2.75, 3.05) is 6.54 Å². The molecule has 1 aromatic rings. The van der Waals surface area contributed by atoms with Crippen molar-refractivity contribution in [1.29, 1.82) is 0 Å². The predicted molar refractivity (Wildman–Crippen MR) is 48.0 cm³/mol. The number of aromatic nitrogens is 2. The van der Waals surface area contributed by atoms with Gasteiger partial charge >= 0.3 is 5.97 Å². The number of halogens is 1. The minimum atomic E-state index is -1.10. The molecule has 0 aromatic carbocycles. The maximum Gasteiger partial charge on any atom is 0.356 e. The van der Waals surface area contributed by atoms with E-state index in [4.69, 9.17) is 22.4 Å². The lowest BCUT2D eigenvalue weighted by atomic mass is 10.0. The van der Waals surface area contributed by atoms with Gasteiger partial charge in [-0.05, 0) is 12.5 Å². The van der Waals surface area contributed by atoms with Gasteiger partial charge in [0, 0.05) is 5.56 Å². The topological polar surface area (TPSA) is 92.0 Å². The Hall–Kier alpha value is -1.07. The van der Waals surface area contributed by atoms with Crippen LogP contribution in [0.4, 0.5) is 0 Å². The minimum absolute atomic E-state index is 0.0528. The van der Waals surface area contributed by atoms with E-state index >= 15 is 0 Å². The van der Waals surface area contributed by atoms with Crippen LogP contribution in [0.2, 0.25) is 5.15 Å². The molecule has 1 heterocycles. The normalized spacial score (nSPS) is 12.8. The van der Waals surface area contributed by atoms with Crippen molar-refractivity contribution < 1.29 is 9.90 Å². The van der Waals surface area contributed by atoms with Crippen LogP contribution in [0.5, 0.6) is 0 Å². The Balaban J connectivity index is 3.15. The largest absolute Gasteiger partial charge is 0.476 e. The summed E-state index contributed by atoms with van der Waals surface area (Å²) in [6, 6.07) is 0. The molecule has 0 aliphatic carbocycles. The lowest BCUT2D eigenvalue weighted by Crippen LogP contribution is -2.12. The van der Waals surface area contributed by atoms with Gasteiger partial charge in [0.05, 0.1) is 0 Å². The number of hydrogen-bond donors (Lipinski definition) is 3.